The third-order valence-corrected chi connectivity index (χ3v) is 2.13. The number of benzene rings is 1. The molecule has 0 aliphatic rings. The van der Waals surface area contributed by atoms with Gasteiger partial charge in [0.25, 0.3) is 0 Å². The summed E-state index contributed by atoms with van der Waals surface area (Å²) in [5, 5.41) is 11.9. The molecule has 5 heteroatoms. The summed E-state index contributed by atoms with van der Waals surface area (Å²) in [6.07, 6.45) is -0.519. The Labute approximate surface area is 118 Å². The SMILES string of the molecule is COc1ccc(O)cc1C#CCNC(=O)OC(C)(C)C. The van der Waals surface area contributed by atoms with Crippen molar-refractivity contribution < 1.29 is 19.4 Å². The maximum absolute atomic E-state index is 11.4. The summed E-state index contributed by atoms with van der Waals surface area (Å²) in [5.41, 5.74) is 0.0184. The first kappa shape index (κ1) is 15.7. The molecule has 0 aromatic heterocycles. The molecular weight excluding hydrogens is 258 g/mol. The normalized spacial score (nSPS) is 10.2. The highest BCUT2D eigenvalue weighted by Crippen LogP contribution is 2.21. The quantitative estimate of drug-likeness (QED) is 0.814. The topological polar surface area (TPSA) is 67.8 Å². The number of nitrogens with one attached hydrogen (secondary N) is 1. The molecule has 0 fully saturated rings. The van der Waals surface area contributed by atoms with Crippen molar-refractivity contribution in [3.05, 3.63) is 23.8 Å². The largest absolute Gasteiger partial charge is 0.508 e. The summed E-state index contributed by atoms with van der Waals surface area (Å²) in [7, 11) is 1.52. The number of carbonyl (C=O) groups is 1. The number of hydrogen-bond acceptors (Lipinski definition) is 4. The van der Waals surface area contributed by atoms with Crippen LogP contribution in [0.4, 0.5) is 4.79 Å². The van der Waals surface area contributed by atoms with Crippen LogP contribution in [-0.2, 0) is 4.74 Å². The van der Waals surface area contributed by atoms with E-state index in [1.54, 1.807) is 26.8 Å². The number of phenols is 1. The van der Waals surface area contributed by atoms with E-state index in [4.69, 9.17) is 9.47 Å². The van der Waals surface area contributed by atoms with Crippen molar-refractivity contribution in [2.45, 2.75) is 26.4 Å². The van der Waals surface area contributed by atoms with E-state index in [1.807, 2.05) is 0 Å². The van der Waals surface area contributed by atoms with Crippen molar-refractivity contribution in [3.8, 4) is 23.3 Å². The van der Waals surface area contributed by atoms with Gasteiger partial charge >= 0.3 is 6.09 Å². The Balaban J connectivity index is 2.59. The second-order valence-corrected chi connectivity index (χ2v) is 5.04. The molecule has 0 aliphatic carbocycles. The fourth-order valence-corrected chi connectivity index (χ4v) is 1.36. The highest BCUT2D eigenvalue weighted by Gasteiger charge is 2.15. The minimum Gasteiger partial charge on any atom is -0.508 e. The molecule has 5 nitrogen and oxygen atoms in total. The average Bonchev–Trinajstić information content (AvgIpc) is 2.33. The Morgan fingerprint density at radius 3 is 2.70 bits per heavy atom. The van der Waals surface area contributed by atoms with E-state index in [0.29, 0.717) is 11.3 Å². The Kier molecular flexibility index (Phi) is 5.27. The van der Waals surface area contributed by atoms with Crippen LogP contribution in [0.3, 0.4) is 0 Å². The number of aromatic hydroxyl groups is 1. The van der Waals surface area contributed by atoms with E-state index in [0.717, 1.165) is 0 Å². The van der Waals surface area contributed by atoms with Gasteiger partial charge in [-0.05, 0) is 39.0 Å². The minimum atomic E-state index is -0.536. The Bertz CT molecular complexity index is 535. The molecule has 2 N–H and O–H groups in total. The molecule has 20 heavy (non-hydrogen) atoms. The maximum Gasteiger partial charge on any atom is 0.408 e. The highest BCUT2D eigenvalue weighted by atomic mass is 16.6. The summed E-state index contributed by atoms with van der Waals surface area (Å²) in [6, 6.07) is 4.64. The van der Waals surface area contributed by atoms with E-state index < -0.39 is 11.7 Å². The lowest BCUT2D eigenvalue weighted by atomic mass is 10.2. The van der Waals surface area contributed by atoms with Crippen LogP contribution in [0.2, 0.25) is 0 Å². The fourth-order valence-electron chi connectivity index (χ4n) is 1.36. The first-order valence-electron chi connectivity index (χ1n) is 6.14. The Morgan fingerprint density at radius 2 is 2.10 bits per heavy atom. The molecular formula is C15H19NO4. The zero-order chi connectivity index (χ0) is 15.2. The van der Waals surface area contributed by atoms with Gasteiger partial charge in [0.05, 0.1) is 19.2 Å². The molecule has 0 atom stereocenters. The lowest BCUT2D eigenvalue weighted by Gasteiger charge is -2.19. The number of ether oxygens (including phenoxy) is 2. The Hall–Kier alpha value is -2.35. The molecule has 0 spiro atoms. The molecule has 0 saturated heterocycles. The van der Waals surface area contributed by atoms with Crippen molar-refractivity contribution in [2.75, 3.05) is 13.7 Å². The zero-order valence-corrected chi connectivity index (χ0v) is 12.1. The average molecular weight is 277 g/mol. The lowest BCUT2D eigenvalue weighted by molar-refractivity contribution is 0.0535. The molecule has 1 rings (SSSR count). The summed E-state index contributed by atoms with van der Waals surface area (Å²) >= 11 is 0. The smallest absolute Gasteiger partial charge is 0.408 e. The first-order valence-corrected chi connectivity index (χ1v) is 6.14. The molecule has 0 unspecified atom stereocenters. The lowest BCUT2D eigenvalue weighted by Crippen LogP contribution is -2.32. The molecule has 108 valence electrons. The van der Waals surface area contributed by atoms with Gasteiger partial charge in [-0.1, -0.05) is 11.8 Å². The second kappa shape index (κ2) is 6.71. The molecule has 0 heterocycles. The molecule has 0 aliphatic heterocycles. The first-order chi connectivity index (χ1) is 9.31. The van der Waals surface area contributed by atoms with Gasteiger partial charge < -0.3 is 19.9 Å². The fraction of sp³-hybridized carbons (Fsp3) is 0.400. The second-order valence-electron chi connectivity index (χ2n) is 5.04. The van der Waals surface area contributed by atoms with E-state index in [2.05, 4.69) is 17.2 Å². The van der Waals surface area contributed by atoms with Crippen LogP contribution in [0.5, 0.6) is 11.5 Å². The van der Waals surface area contributed by atoms with Crippen molar-refractivity contribution in [1.82, 2.24) is 5.32 Å². The van der Waals surface area contributed by atoms with E-state index in [1.165, 1.54) is 19.2 Å². The summed E-state index contributed by atoms with van der Waals surface area (Å²) in [5.74, 6) is 6.25. The van der Waals surface area contributed by atoms with E-state index >= 15 is 0 Å². The van der Waals surface area contributed by atoms with Crippen LogP contribution >= 0.6 is 0 Å². The molecule has 1 amide bonds. The predicted octanol–water partition coefficient (Wildman–Crippen LogP) is 2.28. The van der Waals surface area contributed by atoms with Gasteiger partial charge in [-0.15, -0.1) is 0 Å². The van der Waals surface area contributed by atoms with Crippen LogP contribution in [-0.4, -0.2) is 30.5 Å². The van der Waals surface area contributed by atoms with Gasteiger partial charge in [0.1, 0.15) is 17.1 Å². The number of methoxy groups -OCH3 is 1. The van der Waals surface area contributed by atoms with Gasteiger partial charge in [0.2, 0.25) is 0 Å². The van der Waals surface area contributed by atoms with Gasteiger partial charge in [0.15, 0.2) is 0 Å². The molecule has 0 saturated carbocycles. The third kappa shape index (κ3) is 5.53. The highest BCUT2D eigenvalue weighted by molar-refractivity contribution is 5.68. The number of alkyl carbamates (subject to hydrolysis) is 1. The number of hydrogen-bond donors (Lipinski definition) is 2. The van der Waals surface area contributed by atoms with Gasteiger partial charge in [-0.25, -0.2) is 4.79 Å². The predicted molar refractivity (Wildman–Crippen MR) is 75.8 cm³/mol. The van der Waals surface area contributed by atoms with Crippen LogP contribution in [0, 0.1) is 11.8 Å². The monoisotopic (exact) mass is 277 g/mol. The summed E-state index contributed by atoms with van der Waals surface area (Å²) in [6.45, 7) is 5.51. The standard InChI is InChI=1S/C15H19NO4/c1-15(2,3)20-14(18)16-9-5-6-11-10-12(17)7-8-13(11)19-4/h7-8,10,17H,9H2,1-4H3,(H,16,18). The van der Waals surface area contributed by atoms with Crippen LogP contribution in [0.25, 0.3) is 0 Å². The van der Waals surface area contributed by atoms with Crippen LogP contribution in [0.1, 0.15) is 26.3 Å². The number of rotatable bonds is 2. The molecule has 0 bridgehead atoms. The van der Waals surface area contributed by atoms with Gasteiger partial charge in [-0.3, -0.25) is 0 Å². The number of carbonyl (C=O) groups excluding carboxylic acids is 1. The zero-order valence-electron chi connectivity index (χ0n) is 12.1. The molecule has 1 aromatic rings. The number of phenolic OH excluding ortho intramolecular Hbond substituents is 1. The van der Waals surface area contributed by atoms with Crippen LogP contribution < -0.4 is 10.1 Å². The van der Waals surface area contributed by atoms with Gasteiger partial charge in [0, 0.05) is 0 Å². The van der Waals surface area contributed by atoms with E-state index in [9.17, 15) is 9.90 Å². The van der Waals surface area contributed by atoms with Crippen molar-refractivity contribution in [2.24, 2.45) is 0 Å². The molecule has 0 radical (unpaired) electrons. The van der Waals surface area contributed by atoms with Crippen LogP contribution in [0.15, 0.2) is 18.2 Å². The number of amides is 1. The Morgan fingerprint density at radius 1 is 1.40 bits per heavy atom. The summed E-state index contributed by atoms with van der Waals surface area (Å²) in [4.78, 5) is 11.4. The minimum absolute atomic E-state index is 0.107. The van der Waals surface area contributed by atoms with Gasteiger partial charge in [-0.2, -0.15) is 0 Å². The van der Waals surface area contributed by atoms with Crippen molar-refractivity contribution in [3.63, 3.8) is 0 Å². The maximum atomic E-state index is 11.4. The van der Waals surface area contributed by atoms with Crippen molar-refractivity contribution in [1.29, 1.82) is 0 Å². The summed E-state index contributed by atoms with van der Waals surface area (Å²) < 4.78 is 10.2. The van der Waals surface area contributed by atoms with E-state index in [-0.39, 0.29) is 12.3 Å². The van der Waals surface area contributed by atoms with Crippen molar-refractivity contribution >= 4 is 6.09 Å². The third-order valence-electron chi connectivity index (χ3n) is 2.13. The molecule has 1 aromatic carbocycles.